The molecule has 0 aliphatic carbocycles. The van der Waals surface area contributed by atoms with Crippen LogP contribution in [0, 0.1) is 0 Å². The van der Waals surface area contributed by atoms with Gasteiger partial charge in [-0.2, -0.15) is 0 Å². The number of allylic oxidation sites excluding steroid dienone is 4. The van der Waals surface area contributed by atoms with Crippen molar-refractivity contribution in [3.05, 3.63) is 24.3 Å². The summed E-state index contributed by atoms with van der Waals surface area (Å²) in [6.07, 6.45) is 93.9. The minimum absolute atomic E-state index is 0.0161. The highest BCUT2D eigenvalue weighted by molar-refractivity contribution is 5.76. The monoisotopic (exact) mass is 1180 g/mol. The molecule has 6 nitrogen and oxygen atoms in total. The van der Waals surface area contributed by atoms with Crippen molar-refractivity contribution < 1.29 is 24.5 Å². The van der Waals surface area contributed by atoms with Crippen molar-refractivity contribution in [1.82, 2.24) is 5.32 Å². The Balaban J connectivity index is 3.33. The molecule has 0 aromatic heterocycles. The molecule has 2 unspecified atom stereocenters. The normalized spacial score (nSPS) is 12.6. The number of aliphatic hydroxyl groups excluding tert-OH is 2. The summed E-state index contributed by atoms with van der Waals surface area (Å²) in [4.78, 5) is 24.7. The van der Waals surface area contributed by atoms with Gasteiger partial charge in [0.15, 0.2) is 0 Å². The molecule has 0 aliphatic heterocycles. The lowest BCUT2D eigenvalue weighted by Crippen LogP contribution is -2.45. The molecule has 84 heavy (non-hydrogen) atoms. The van der Waals surface area contributed by atoms with Gasteiger partial charge in [-0.05, 0) is 57.8 Å². The average molecular weight is 1180 g/mol. The van der Waals surface area contributed by atoms with Crippen LogP contribution >= 0.6 is 0 Å². The molecule has 1 amide bonds. The van der Waals surface area contributed by atoms with Gasteiger partial charge in [0.05, 0.1) is 25.4 Å². The Morgan fingerprint density at radius 3 is 0.929 bits per heavy atom. The van der Waals surface area contributed by atoms with Crippen molar-refractivity contribution >= 4 is 11.9 Å². The average Bonchev–Trinajstić information content (AvgIpc) is 3.51. The van der Waals surface area contributed by atoms with E-state index < -0.39 is 12.1 Å². The maximum Gasteiger partial charge on any atom is 0.305 e. The van der Waals surface area contributed by atoms with Gasteiger partial charge in [-0.3, -0.25) is 9.59 Å². The molecule has 0 saturated carbocycles. The van der Waals surface area contributed by atoms with Gasteiger partial charge in [-0.15, -0.1) is 0 Å². The Kier molecular flexibility index (Phi) is 72.3. The highest BCUT2D eigenvalue weighted by Crippen LogP contribution is 2.20. The van der Waals surface area contributed by atoms with Gasteiger partial charge in [0.1, 0.15) is 0 Å². The molecule has 0 spiro atoms. The largest absolute Gasteiger partial charge is 0.466 e. The maximum atomic E-state index is 12.6. The van der Waals surface area contributed by atoms with E-state index in [0.29, 0.717) is 25.9 Å². The molecule has 0 heterocycles. The van der Waals surface area contributed by atoms with Crippen molar-refractivity contribution in [2.24, 2.45) is 0 Å². The second-order valence-electron chi connectivity index (χ2n) is 26.7. The van der Waals surface area contributed by atoms with Crippen LogP contribution in [-0.4, -0.2) is 47.4 Å². The van der Waals surface area contributed by atoms with E-state index in [2.05, 4.69) is 43.5 Å². The highest BCUT2D eigenvalue weighted by atomic mass is 16.5. The number of amides is 1. The fourth-order valence-corrected chi connectivity index (χ4v) is 12.4. The molecule has 0 fully saturated rings. The minimum atomic E-state index is -0.663. The predicted octanol–water partition coefficient (Wildman–Crippen LogP) is 25.3. The molecular formula is C78H151NO5. The number of unbranched alkanes of at least 4 members (excludes halogenated alkanes) is 58. The Bertz CT molecular complexity index is 1320. The molecule has 2 atom stereocenters. The zero-order valence-corrected chi connectivity index (χ0v) is 57.2. The Morgan fingerprint density at radius 1 is 0.333 bits per heavy atom. The quantitative estimate of drug-likeness (QED) is 0.0320. The van der Waals surface area contributed by atoms with Crippen LogP contribution in [-0.2, 0) is 14.3 Å². The van der Waals surface area contributed by atoms with E-state index in [0.717, 1.165) is 51.4 Å². The van der Waals surface area contributed by atoms with Crippen LogP contribution in [0.1, 0.15) is 438 Å². The number of carbonyl (C=O) groups is 2. The lowest BCUT2D eigenvalue weighted by molar-refractivity contribution is -0.143. The van der Waals surface area contributed by atoms with Gasteiger partial charge >= 0.3 is 5.97 Å². The van der Waals surface area contributed by atoms with Gasteiger partial charge in [0.2, 0.25) is 5.91 Å². The summed E-state index contributed by atoms with van der Waals surface area (Å²) in [5.41, 5.74) is 0. The number of rotatable bonds is 73. The van der Waals surface area contributed by atoms with E-state index in [-0.39, 0.29) is 18.5 Å². The second-order valence-corrected chi connectivity index (χ2v) is 26.7. The van der Waals surface area contributed by atoms with Crippen LogP contribution in [0.5, 0.6) is 0 Å². The van der Waals surface area contributed by atoms with Gasteiger partial charge in [0, 0.05) is 12.8 Å². The van der Waals surface area contributed by atoms with Gasteiger partial charge in [0.25, 0.3) is 0 Å². The molecule has 0 aliphatic rings. The molecule has 0 aromatic rings. The third-order valence-electron chi connectivity index (χ3n) is 18.3. The standard InChI is InChI=1S/C78H151NO5/c1-3-5-7-9-11-13-15-17-19-21-23-35-38-42-46-50-54-58-62-66-70-76(81)75(74-80)79-77(82)71-67-63-59-55-51-47-43-39-36-32-30-28-26-24-25-27-29-31-33-37-41-45-49-53-57-61-65-69-73-84-78(83)72-68-64-60-56-52-48-44-40-34-22-20-18-16-14-12-10-8-6-4-2/h12,14,18,20,75-76,80-81H,3-11,13,15-17,19,21-74H2,1-2H3,(H,79,82)/b14-12-,20-18-. The summed E-state index contributed by atoms with van der Waals surface area (Å²) in [5.74, 6) is -0.0108. The minimum Gasteiger partial charge on any atom is -0.466 e. The van der Waals surface area contributed by atoms with Crippen LogP contribution < -0.4 is 5.32 Å². The van der Waals surface area contributed by atoms with Crippen molar-refractivity contribution in [1.29, 1.82) is 0 Å². The molecule has 3 N–H and O–H groups in total. The molecule has 0 rings (SSSR count). The zero-order chi connectivity index (χ0) is 60.6. The SMILES string of the molecule is CCCCC/C=C\C/C=C\CCCCCCCCCCCC(=O)OCCCCCCCCCCCCCCCCCCCCCCCCCCCCCCC(=O)NC(CO)C(O)CCCCCCCCCCCCCCCCCCCCCC. The summed E-state index contributed by atoms with van der Waals surface area (Å²) < 4.78 is 5.51. The first-order valence-corrected chi connectivity index (χ1v) is 38.6. The van der Waals surface area contributed by atoms with Crippen molar-refractivity contribution in [2.75, 3.05) is 13.2 Å². The molecule has 498 valence electrons. The van der Waals surface area contributed by atoms with Crippen molar-refractivity contribution in [2.45, 2.75) is 450 Å². The molecule has 0 aromatic carbocycles. The smallest absolute Gasteiger partial charge is 0.305 e. The number of hydrogen-bond donors (Lipinski definition) is 3. The fraction of sp³-hybridized carbons (Fsp3) is 0.923. The van der Waals surface area contributed by atoms with Gasteiger partial charge in [-0.1, -0.05) is 391 Å². The molecule has 0 bridgehead atoms. The van der Waals surface area contributed by atoms with Crippen molar-refractivity contribution in [3.8, 4) is 0 Å². The second kappa shape index (κ2) is 73.8. The van der Waals surface area contributed by atoms with Gasteiger partial charge < -0.3 is 20.3 Å². The number of hydrogen-bond acceptors (Lipinski definition) is 5. The van der Waals surface area contributed by atoms with Crippen LogP contribution in [0.3, 0.4) is 0 Å². The Labute approximate surface area is 526 Å². The van der Waals surface area contributed by atoms with Crippen LogP contribution in [0.4, 0.5) is 0 Å². The lowest BCUT2D eigenvalue weighted by atomic mass is 10.0. The van der Waals surface area contributed by atoms with E-state index >= 15 is 0 Å². The summed E-state index contributed by atoms with van der Waals surface area (Å²) in [6.45, 7) is 4.98. The summed E-state index contributed by atoms with van der Waals surface area (Å²) in [5, 5.41) is 23.4. The third-order valence-corrected chi connectivity index (χ3v) is 18.3. The number of carbonyl (C=O) groups excluding carboxylic acids is 2. The van der Waals surface area contributed by atoms with E-state index in [1.165, 1.54) is 353 Å². The summed E-state index contributed by atoms with van der Waals surface area (Å²) >= 11 is 0. The summed E-state index contributed by atoms with van der Waals surface area (Å²) in [7, 11) is 0. The number of nitrogens with one attached hydrogen (secondary N) is 1. The first kappa shape index (κ1) is 82.3. The highest BCUT2D eigenvalue weighted by Gasteiger charge is 2.20. The maximum absolute atomic E-state index is 12.6. The van der Waals surface area contributed by atoms with Gasteiger partial charge in [-0.25, -0.2) is 0 Å². The van der Waals surface area contributed by atoms with Crippen LogP contribution in [0.15, 0.2) is 24.3 Å². The predicted molar refractivity (Wildman–Crippen MR) is 370 cm³/mol. The number of aliphatic hydroxyl groups is 2. The lowest BCUT2D eigenvalue weighted by Gasteiger charge is -2.22. The fourth-order valence-electron chi connectivity index (χ4n) is 12.4. The van der Waals surface area contributed by atoms with E-state index in [9.17, 15) is 19.8 Å². The van der Waals surface area contributed by atoms with E-state index in [1.807, 2.05) is 0 Å². The molecule has 6 heteroatoms. The first-order chi connectivity index (χ1) is 41.5. The molecule has 0 radical (unpaired) electrons. The van der Waals surface area contributed by atoms with E-state index in [1.54, 1.807) is 0 Å². The molecule has 0 saturated heterocycles. The molecular weight excluding hydrogens is 1030 g/mol. The Morgan fingerprint density at radius 2 is 0.595 bits per heavy atom. The third kappa shape index (κ3) is 69.4. The number of esters is 1. The topological polar surface area (TPSA) is 95.9 Å². The number of ether oxygens (including phenoxy) is 1. The van der Waals surface area contributed by atoms with E-state index in [4.69, 9.17) is 4.74 Å². The Hall–Kier alpha value is -1.66. The van der Waals surface area contributed by atoms with Crippen LogP contribution in [0.25, 0.3) is 0 Å². The van der Waals surface area contributed by atoms with Crippen molar-refractivity contribution in [3.63, 3.8) is 0 Å². The zero-order valence-electron chi connectivity index (χ0n) is 57.2. The summed E-state index contributed by atoms with van der Waals surface area (Å²) in [6, 6.07) is -0.540. The van der Waals surface area contributed by atoms with Crippen LogP contribution in [0.2, 0.25) is 0 Å². The first-order valence-electron chi connectivity index (χ1n) is 38.6.